The summed E-state index contributed by atoms with van der Waals surface area (Å²) < 4.78 is 22.4. The second kappa shape index (κ2) is 7.23. The van der Waals surface area contributed by atoms with Gasteiger partial charge in [-0.2, -0.15) is 4.98 Å². The van der Waals surface area contributed by atoms with Gasteiger partial charge in [-0.1, -0.05) is 30.3 Å². The molecule has 3 heterocycles. The third kappa shape index (κ3) is 3.17. The molecule has 30 heavy (non-hydrogen) atoms. The summed E-state index contributed by atoms with van der Waals surface area (Å²) in [6.45, 7) is 0.441. The first kappa shape index (κ1) is 18.3. The molecule has 4 aromatic rings. The van der Waals surface area contributed by atoms with Crippen molar-refractivity contribution in [1.29, 1.82) is 0 Å². The zero-order valence-corrected chi connectivity index (χ0v) is 15.8. The minimum atomic E-state index is -0.666. The average Bonchev–Trinajstić information content (AvgIpc) is 3.25. The first-order valence-electron chi connectivity index (χ1n) is 9.44. The second-order valence-electron chi connectivity index (χ2n) is 6.99. The van der Waals surface area contributed by atoms with E-state index in [4.69, 9.17) is 4.74 Å². The molecule has 0 radical (unpaired) electrons. The van der Waals surface area contributed by atoms with E-state index in [9.17, 15) is 14.3 Å². The summed E-state index contributed by atoms with van der Waals surface area (Å²) >= 11 is 0. The number of aliphatic hydroxyl groups excluding tert-OH is 1. The zero-order chi connectivity index (χ0) is 20.7. The molecule has 0 aliphatic carbocycles. The van der Waals surface area contributed by atoms with E-state index in [1.165, 1.54) is 16.8 Å². The number of fused-ring (bicyclic) bond motifs is 1. The predicted octanol–water partition coefficient (Wildman–Crippen LogP) is 3.08. The fourth-order valence-corrected chi connectivity index (χ4v) is 3.67. The van der Waals surface area contributed by atoms with Gasteiger partial charge < -0.3 is 9.84 Å². The maximum absolute atomic E-state index is 13.4. The highest BCUT2D eigenvalue weighted by Gasteiger charge is 2.30. The van der Waals surface area contributed by atoms with Crippen LogP contribution in [0, 0.1) is 5.82 Å². The van der Waals surface area contributed by atoms with Crippen molar-refractivity contribution in [3.8, 4) is 34.3 Å². The SMILES string of the molecule is O=c1c(-c2ccc(F)cc2)c(-c2ccnc(Oc3ccccc3)n2)n2n1CC(O)C2. The van der Waals surface area contributed by atoms with Crippen molar-refractivity contribution in [3.63, 3.8) is 0 Å². The van der Waals surface area contributed by atoms with E-state index < -0.39 is 6.10 Å². The lowest BCUT2D eigenvalue weighted by Crippen LogP contribution is -2.19. The van der Waals surface area contributed by atoms with Gasteiger partial charge in [-0.05, 0) is 35.9 Å². The largest absolute Gasteiger partial charge is 0.424 e. The van der Waals surface area contributed by atoms with Crippen molar-refractivity contribution in [3.05, 3.63) is 83.0 Å². The molecule has 8 heteroatoms. The van der Waals surface area contributed by atoms with Gasteiger partial charge in [0.15, 0.2) is 0 Å². The Balaban J connectivity index is 1.65. The number of halogens is 1. The van der Waals surface area contributed by atoms with Crippen LogP contribution in [0.15, 0.2) is 71.7 Å². The summed E-state index contributed by atoms with van der Waals surface area (Å²) in [6, 6.07) is 16.7. The van der Waals surface area contributed by atoms with Crippen LogP contribution in [0.2, 0.25) is 0 Å². The molecule has 1 aliphatic heterocycles. The molecule has 2 aromatic heterocycles. The molecule has 5 rings (SSSR count). The Morgan fingerprint density at radius 3 is 2.50 bits per heavy atom. The van der Waals surface area contributed by atoms with Crippen LogP contribution in [0.25, 0.3) is 22.5 Å². The monoisotopic (exact) mass is 404 g/mol. The fourth-order valence-electron chi connectivity index (χ4n) is 3.67. The number of aliphatic hydroxyl groups is 1. The lowest BCUT2D eigenvalue weighted by molar-refractivity contribution is 0.170. The van der Waals surface area contributed by atoms with Crippen LogP contribution < -0.4 is 10.3 Å². The van der Waals surface area contributed by atoms with E-state index in [1.807, 2.05) is 18.2 Å². The number of aromatic nitrogens is 4. The van der Waals surface area contributed by atoms with Crippen LogP contribution in [-0.2, 0) is 13.1 Å². The minimum absolute atomic E-state index is 0.135. The second-order valence-corrected chi connectivity index (χ2v) is 6.99. The first-order chi connectivity index (χ1) is 14.6. The normalized spacial score (nSPS) is 15.2. The van der Waals surface area contributed by atoms with Gasteiger partial charge in [0, 0.05) is 6.20 Å². The summed E-state index contributed by atoms with van der Waals surface area (Å²) in [4.78, 5) is 21.8. The molecule has 1 atom stereocenters. The number of nitrogens with zero attached hydrogens (tertiary/aromatic N) is 4. The van der Waals surface area contributed by atoms with Crippen molar-refractivity contribution >= 4 is 0 Å². The van der Waals surface area contributed by atoms with Gasteiger partial charge in [0.2, 0.25) is 0 Å². The van der Waals surface area contributed by atoms with Crippen LogP contribution in [0.1, 0.15) is 0 Å². The van der Waals surface area contributed by atoms with Gasteiger partial charge in [-0.25, -0.2) is 14.1 Å². The molecule has 0 saturated carbocycles. The highest BCUT2D eigenvalue weighted by Crippen LogP contribution is 2.32. The fraction of sp³-hybridized carbons (Fsp3) is 0.136. The molecule has 7 nitrogen and oxygen atoms in total. The van der Waals surface area contributed by atoms with Crippen LogP contribution >= 0.6 is 0 Å². The lowest BCUT2D eigenvalue weighted by atomic mass is 10.0. The summed E-state index contributed by atoms with van der Waals surface area (Å²) in [6.07, 6.45) is 0.885. The van der Waals surface area contributed by atoms with E-state index in [2.05, 4.69) is 9.97 Å². The number of hydrogen-bond donors (Lipinski definition) is 1. The molecule has 0 fully saturated rings. The maximum atomic E-state index is 13.4. The van der Waals surface area contributed by atoms with Crippen molar-refractivity contribution in [2.24, 2.45) is 0 Å². The van der Waals surface area contributed by atoms with Crippen molar-refractivity contribution in [1.82, 2.24) is 19.3 Å². The van der Waals surface area contributed by atoms with E-state index in [0.717, 1.165) is 0 Å². The molecule has 2 aromatic carbocycles. The third-order valence-corrected chi connectivity index (χ3v) is 4.96. The van der Waals surface area contributed by atoms with Crippen molar-refractivity contribution in [2.75, 3.05) is 0 Å². The molecule has 0 amide bonds. The summed E-state index contributed by atoms with van der Waals surface area (Å²) in [5.74, 6) is 0.200. The van der Waals surface area contributed by atoms with Crippen LogP contribution in [0.4, 0.5) is 4.39 Å². The number of ether oxygens (including phenoxy) is 1. The molecular weight excluding hydrogens is 387 g/mol. The topological polar surface area (TPSA) is 82.2 Å². The Labute approximate surface area is 170 Å². The molecule has 150 valence electrons. The van der Waals surface area contributed by atoms with Crippen LogP contribution in [-0.4, -0.2) is 30.5 Å². The maximum Gasteiger partial charge on any atom is 0.322 e. The van der Waals surface area contributed by atoms with Gasteiger partial charge in [0.1, 0.15) is 11.6 Å². The van der Waals surface area contributed by atoms with Gasteiger partial charge >= 0.3 is 6.01 Å². The van der Waals surface area contributed by atoms with Crippen LogP contribution in [0.3, 0.4) is 0 Å². The zero-order valence-electron chi connectivity index (χ0n) is 15.8. The standard InChI is InChI=1S/C22H17FN4O3/c23-15-8-6-14(7-9-15)19-20(26-12-16(28)13-27(26)21(19)29)18-10-11-24-22(25-18)30-17-4-2-1-3-5-17/h1-11,16,28H,12-13H2. The number of benzene rings is 2. The molecule has 0 saturated heterocycles. The number of rotatable bonds is 4. The molecule has 1 N–H and O–H groups in total. The predicted molar refractivity (Wildman–Crippen MR) is 108 cm³/mol. The van der Waals surface area contributed by atoms with Gasteiger partial charge in [-0.3, -0.25) is 9.48 Å². The van der Waals surface area contributed by atoms with Gasteiger partial charge in [-0.15, -0.1) is 0 Å². The van der Waals surface area contributed by atoms with Crippen molar-refractivity contribution < 1.29 is 14.2 Å². The highest BCUT2D eigenvalue weighted by molar-refractivity contribution is 5.79. The van der Waals surface area contributed by atoms with Gasteiger partial charge in [0.25, 0.3) is 5.56 Å². The summed E-state index contributed by atoms with van der Waals surface area (Å²) in [5.41, 5.74) is 1.71. The summed E-state index contributed by atoms with van der Waals surface area (Å²) in [7, 11) is 0. The third-order valence-electron chi connectivity index (χ3n) is 4.96. The number of hydrogen-bond acceptors (Lipinski definition) is 5. The van der Waals surface area contributed by atoms with Crippen molar-refractivity contribution in [2.45, 2.75) is 19.2 Å². The molecule has 0 bridgehead atoms. The van der Waals surface area contributed by atoms with Crippen LogP contribution in [0.5, 0.6) is 11.8 Å². The molecular formula is C22H17FN4O3. The molecule has 1 unspecified atom stereocenters. The first-order valence-corrected chi connectivity index (χ1v) is 9.44. The van der Waals surface area contributed by atoms with Gasteiger partial charge in [0.05, 0.1) is 36.1 Å². The average molecular weight is 404 g/mol. The highest BCUT2D eigenvalue weighted by atomic mass is 19.1. The van der Waals surface area contributed by atoms with E-state index in [1.54, 1.807) is 41.2 Å². The van der Waals surface area contributed by atoms with E-state index >= 15 is 0 Å². The summed E-state index contributed by atoms with van der Waals surface area (Å²) in [5, 5.41) is 10.1. The van der Waals surface area contributed by atoms with E-state index in [0.29, 0.717) is 28.3 Å². The smallest absolute Gasteiger partial charge is 0.322 e. The van der Waals surface area contributed by atoms with E-state index in [-0.39, 0.29) is 30.5 Å². The lowest BCUT2D eigenvalue weighted by Gasteiger charge is -2.10. The minimum Gasteiger partial charge on any atom is -0.424 e. The Bertz CT molecular complexity index is 1270. The number of para-hydroxylation sites is 1. The Kier molecular flexibility index (Phi) is 4.40. The molecule has 1 aliphatic rings. The Hall–Kier alpha value is -3.78. The quantitative estimate of drug-likeness (QED) is 0.565. The Morgan fingerprint density at radius 2 is 1.73 bits per heavy atom. The Morgan fingerprint density at radius 1 is 1.00 bits per heavy atom. The molecule has 0 spiro atoms.